The molecule has 2 N–H and O–H groups in total. The lowest BCUT2D eigenvalue weighted by Crippen LogP contribution is -2.33. The highest BCUT2D eigenvalue weighted by molar-refractivity contribution is 5.77. The number of nitrogens with one attached hydrogen (secondary N) is 2. The number of ether oxygens (including phenoxy) is 1. The molecule has 0 radical (unpaired) electrons. The first kappa shape index (κ1) is 13.5. The average Bonchev–Trinajstić information content (AvgIpc) is 2.28. The van der Waals surface area contributed by atoms with Gasteiger partial charge in [-0.2, -0.15) is 0 Å². The van der Waals surface area contributed by atoms with Crippen molar-refractivity contribution in [1.29, 1.82) is 0 Å². The first-order chi connectivity index (χ1) is 8.13. The SMILES string of the molecule is CNCCNC(=O)COc1ccc(C)cc1C. The maximum atomic E-state index is 11.4. The number of benzene rings is 1. The highest BCUT2D eigenvalue weighted by Crippen LogP contribution is 2.18. The van der Waals surface area contributed by atoms with Crippen LogP contribution >= 0.6 is 0 Å². The summed E-state index contributed by atoms with van der Waals surface area (Å²) in [5.41, 5.74) is 2.24. The van der Waals surface area contributed by atoms with Crippen molar-refractivity contribution in [3.05, 3.63) is 29.3 Å². The molecule has 0 saturated carbocycles. The highest BCUT2D eigenvalue weighted by atomic mass is 16.5. The summed E-state index contributed by atoms with van der Waals surface area (Å²) in [6.45, 7) is 5.44. The van der Waals surface area contributed by atoms with E-state index in [4.69, 9.17) is 4.74 Å². The van der Waals surface area contributed by atoms with Crippen LogP contribution in [0.3, 0.4) is 0 Å². The summed E-state index contributed by atoms with van der Waals surface area (Å²) >= 11 is 0. The number of aryl methyl sites for hydroxylation is 2. The Balaban J connectivity index is 2.37. The Morgan fingerprint density at radius 3 is 2.71 bits per heavy atom. The van der Waals surface area contributed by atoms with Gasteiger partial charge in [0.1, 0.15) is 5.75 Å². The van der Waals surface area contributed by atoms with Gasteiger partial charge in [-0.3, -0.25) is 4.79 Å². The summed E-state index contributed by atoms with van der Waals surface area (Å²) in [7, 11) is 1.85. The lowest BCUT2D eigenvalue weighted by Gasteiger charge is -2.10. The van der Waals surface area contributed by atoms with Crippen molar-refractivity contribution in [2.24, 2.45) is 0 Å². The van der Waals surface area contributed by atoms with E-state index in [1.165, 1.54) is 5.56 Å². The number of carbonyl (C=O) groups excluding carboxylic acids is 1. The van der Waals surface area contributed by atoms with Crippen molar-refractivity contribution in [1.82, 2.24) is 10.6 Å². The van der Waals surface area contributed by atoms with Crippen LogP contribution < -0.4 is 15.4 Å². The van der Waals surface area contributed by atoms with Crippen molar-refractivity contribution in [3.8, 4) is 5.75 Å². The molecule has 0 unspecified atom stereocenters. The van der Waals surface area contributed by atoms with Crippen LogP contribution in [-0.2, 0) is 4.79 Å². The molecular formula is C13H20N2O2. The quantitative estimate of drug-likeness (QED) is 0.725. The molecule has 0 spiro atoms. The summed E-state index contributed by atoms with van der Waals surface area (Å²) < 4.78 is 5.45. The van der Waals surface area contributed by atoms with E-state index in [1.54, 1.807) is 0 Å². The Bertz CT molecular complexity index is 378. The minimum absolute atomic E-state index is 0.0631. The standard InChI is InChI=1S/C13H20N2O2/c1-10-4-5-12(11(2)8-10)17-9-13(16)15-7-6-14-3/h4-5,8,14H,6-7,9H2,1-3H3,(H,15,16). The van der Waals surface area contributed by atoms with Gasteiger partial charge in [-0.15, -0.1) is 0 Å². The van der Waals surface area contributed by atoms with E-state index < -0.39 is 0 Å². The van der Waals surface area contributed by atoms with Gasteiger partial charge in [-0.05, 0) is 32.5 Å². The molecule has 17 heavy (non-hydrogen) atoms. The zero-order valence-corrected chi connectivity index (χ0v) is 10.7. The number of rotatable bonds is 6. The molecule has 94 valence electrons. The molecule has 0 bridgehead atoms. The van der Waals surface area contributed by atoms with E-state index in [9.17, 15) is 4.79 Å². The van der Waals surface area contributed by atoms with Gasteiger partial charge in [0.25, 0.3) is 5.91 Å². The van der Waals surface area contributed by atoms with Crippen LogP contribution in [0.1, 0.15) is 11.1 Å². The minimum Gasteiger partial charge on any atom is -0.484 e. The first-order valence-corrected chi connectivity index (χ1v) is 5.75. The molecule has 0 aromatic heterocycles. The van der Waals surface area contributed by atoms with E-state index in [0.717, 1.165) is 17.9 Å². The van der Waals surface area contributed by atoms with Gasteiger partial charge in [0, 0.05) is 13.1 Å². The molecule has 4 nitrogen and oxygen atoms in total. The molecule has 1 aromatic rings. The third-order valence-corrected chi connectivity index (χ3v) is 2.39. The number of carbonyl (C=O) groups is 1. The summed E-state index contributed by atoms with van der Waals surface area (Å²) in [6.07, 6.45) is 0. The van der Waals surface area contributed by atoms with E-state index in [1.807, 2.05) is 39.1 Å². The van der Waals surface area contributed by atoms with Gasteiger partial charge in [0.2, 0.25) is 0 Å². The fraction of sp³-hybridized carbons (Fsp3) is 0.462. The largest absolute Gasteiger partial charge is 0.484 e. The van der Waals surface area contributed by atoms with Crippen LogP contribution in [0.15, 0.2) is 18.2 Å². The maximum Gasteiger partial charge on any atom is 0.257 e. The summed E-state index contributed by atoms with van der Waals surface area (Å²) in [5.74, 6) is 0.666. The Kier molecular flexibility index (Phi) is 5.49. The van der Waals surface area contributed by atoms with Crippen LogP contribution in [0, 0.1) is 13.8 Å². The molecule has 0 heterocycles. The Morgan fingerprint density at radius 1 is 1.29 bits per heavy atom. The number of hydrogen-bond acceptors (Lipinski definition) is 3. The second-order valence-corrected chi connectivity index (χ2v) is 4.01. The molecule has 0 atom stereocenters. The van der Waals surface area contributed by atoms with Crippen molar-refractivity contribution in [2.75, 3.05) is 26.7 Å². The van der Waals surface area contributed by atoms with Crippen LogP contribution in [-0.4, -0.2) is 32.7 Å². The summed E-state index contributed by atoms with van der Waals surface area (Å²) in [6, 6.07) is 5.90. The average molecular weight is 236 g/mol. The molecule has 1 amide bonds. The van der Waals surface area contributed by atoms with Gasteiger partial charge < -0.3 is 15.4 Å². The normalized spacial score (nSPS) is 10.1. The molecule has 4 heteroatoms. The maximum absolute atomic E-state index is 11.4. The van der Waals surface area contributed by atoms with Gasteiger partial charge in [0.15, 0.2) is 6.61 Å². The molecule has 0 saturated heterocycles. The lowest BCUT2D eigenvalue weighted by molar-refractivity contribution is -0.123. The van der Waals surface area contributed by atoms with Gasteiger partial charge >= 0.3 is 0 Å². The van der Waals surface area contributed by atoms with Gasteiger partial charge in [0.05, 0.1) is 0 Å². The van der Waals surface area contributed by atoms with E-state index in [2.05, 4.69) is 10.6 Å². The minimum atomic E-state index is -0.0970. The molecule has 0 aliphatic rings. The third kappa shape index (κ3) is 4.87. The Morgan fingerprint density at radius 2 is 2.06 bits per heavy atom. The van der Waals surface area contributed by atoms with Gasteiger partial charge in [-0.25, -0.2) is 0 Å². The van der Waals surface area contributed by atoms with Crippen molar-refractivity contribution in [3.63, 3.8) is 0 Å². The van der Waals surface area contributed by atoms with Crippen LogP contribution in [0.2, 0.25) is 0 Å². The predicted molar refractivity (Wildman–Crippen MR) is 68.3 cm³/mol. The highest BCUT2D eigenvalue weighted by Gasteiger charge is 2.04. The summed E-state index contributed by atoms with van der Waals surface area (Å²) in [4.78, 5) is 11.4. The van der Waals surface area contributed by atoms with Crippen LogP contribution in [0.4, 0.5) is 0 Å². The molecule has 0 aliphatic carbocycles. The monoisotopic (exact) mass is 236 g/mol. The van der Waals surface area contributed by atoms with Crippen LogP contribution in [0.5, 0.6) is 5.75 Å². The first-order valence-electron chi connectivity index (χ1n) is 5.75. The number of hydrogen-bond donors (Lipinski definition) is 2. The number of likely N-dealkylation sites (N-methyl/N-ethyl adjacent to an activating group) is 1. The molecular weight excluding hydrogens is 216 g/mol. The molecule has 0 fully saturated rings. The van der Waals surface area contributed by atoms with E-state index in [0.29, 0.717) is 6.54 Å². The van der Waals surface area contributed by atoms with Crippen molar-refractivity contribution < 1.29 is 9.53 Å². The molecule has 1 rings (SSSR count). The number of amides is 1. The summed E-state index contributed by atoms with van der Waals surface area (Å²) in [5, 5.41) is 5.71. The zero-order chi connectivity index (χ0) is 12.7. The Hall–Kier alpha value is -1.55. The Labute approximate surface area is 102 Å². The lowest BCUT2D eigenvalue weighted by atomic mass is 10.1. The van der Waals surface area contributed by atoms with Crippen LogP contribution in [0.25, 0.3) is 0 Å². The van der Waals surface area contributed by atoms with Crippen molar-refractivity contribution in [2.45, 2.75) is 13.8 Å². The van der Waals surface area contributed by atoms with Crippen molar-refractivity contribution >= 4 is 5.91 Å². The fourth-order valence-corrected chi connectivity index (χ4v) is 1.48. The topological polar surface area (TPSA) is 50.4 Å². The zero-order valence-electron chi connectivity index (χ0n) is 10.7. The second-order valence-electron chi connectivity index (χ2n) is 4.01. The second kappa shape index (κ2) is 6.91. The third-order valence-electron chi connectivity index (χ3n) is 2.39. The smallest absolute Gasteiger partial charge is 0.257 e. The van der Waals surface area contributed by atoms with E-state index in [-0.39, 0.29) is 12.5 Å². The fourth-order valence-electron chi connectivity index (χ4n) is 1.48. The molecule has 0 aliphatic heterocycles. The molecule has 1 aromatic carbocycles. The predicted octanol–water partition coefficient (Wildman–Crippen LogP) is 1.02. The van der Waals surface area contributed by atoms with E-state index >= 15 is 0 Å². The van der Waals surface area contributed by atoms with Gasteiger partial charge in [-0.1, -0.05) is 17.7 Å².